The summed E-state index contributed by atoms with van der Waals surface area (Å²) in [5.74, 6) is -1.04. The SMILES string of the molecule is COC(=O)c1ccccc1C(=O)N1CCC2(C(=O)Nc3ccccc32)C1c1cnn(C)c1. The summed E-state index contributed by atoms with van der Waals surface area (Å²) in [4.78, 5) is 41.2. The normalized spacial score (nSPS) is 21.5. The molecule has 0 saturated carbocycles. The first-order valence-corrected chi connectivity index (χ1v) is 10.3. The Hall–Kier alpha value is -3.94. The van der Waals surface area contributed by atoms with Crippen LogP contribution in [0.3, 0.4) is 0 Å². The molecule has 8 heteroatoms. The zero-order valence-electron chi connectivity index (χ0n) is 17.7. The molecule has 2 aliphatic rings. The van der Waals surface area contributed by atoms with Gasteiger partial charge in [0.25, 0.3) is 5.91 Å². The number of hydrogen-bond acceptors (Lipinski definition) is 5. The fraction of sp³-hybridized carbons (Fsp3) is 0.250. The van der Waals surface area contributed by atoms with E-state index in [-0.39, 0.29) is 22.9 Å². The molecule has 0 bridgehead atoms. The third-order valence-electron chi connectivity index (χ3n) is 6.45. The van der Waals surface area contributed by atoms with Gasteiger partial charge in [-0.05, 0) is 30.2 Å². The minimum atomic E-state index is -0.935. The van der Waals surface area contributed by atoms with Crippen LogP contribution in [0.15, 0.2) is 60.9 Å². The first-order chi connectivity index (χ1) is 15.5. The van der Waals surface area contributed by atoms with Crippen molar-refractivity contribution in [3.63, 3.8) is 0 Å². The Bertz CT molecular complexity index is 1250. The van der Waals surface area contributed by atoms with Crippen LogP contribution in [0.4, 0.5) is 5.69 Å². The molecule has 2 amide bonds. The third kappa shape index (κ3) is 2.76. The van der Waals surface area contributed by atoms with Crippen molar-refractivity contribution in [1.82, 2.24) is 14.7 Å². The quantitative estimate of drug-likeness (QED) is 0.645. The van der Waals surface area contributed by atoms with Gasteiger partial charge in [0.2, 0.25) is 5.91 Å². The van der Waals surface area contributed by atoms with Crippen molar-refractivity contribution < 1.29 is 19.1 Å². The van der Waals surface area contributed by atoms with Gasteiger partial charge in [0, 0.05) is 31.0 Å². The zero-order valence-corrected chi connectivity index (χ0v) is 17.7. The molecule has 1 aromatic heterocycles. The van der Waals surface area contributed by atoms with Gasteiger partial charge in [-0.1, -0.05) is 30.3 Å². The minimum absolute atomic E-state index is 0.135. The molecule has 162 valence electrons. The number of nitrogens with one attached hydrogen (secondary N) is 1. The van der Waals surface area contributed by atoms with Crippen LogP contribution in [0.1, 0.15) is 44.3 Å². The topological polar surface area (TPSA) is 93.5 Å². The highest BCUT2D eigenvalue weighted by atomic mass is 16.5. The molecule has 2 unspecified atom stereocenters. The number of methoxy groups -OCH3 is 1. The van der Waals surface area contributed by atoms with Crippen molar-refractivity contribution in [2.24, 2.45) is 7.05 Å². The lowest BCUT2D eigenvalue weighted by Crippen LogP contribution is -2.42. The number of fused-ring (bicyclic) bond motifs is 2. The monoisotopic (exact) mass is 430 g/mol. The number of rotatable bonds is 3. The predicted octanol–water partition coefficient (Wildman–Crippen LogP) is 2.68. The average molecular weight is 430 g/mol. The molecule has 5 rings (SSSR count). The van der Waals surface area contributed by atoms with E-state index in [0.717, 1.165) is 16.8 Å². The average Bonchev–Trinajstić information content (AvgIpc) is 3.49. The van der Waals surface area contributed by atoms with Crippen molar-refractivity contribution in [1.29, 1.82) is 0 Å². The molecule has 1 spiro atoms. The predicted molar refractivity (Wildman–Crippen MR) is 116 cm³/mol. The molecule has 3 aromatic rings. The number of ether oxygens (including phenoxy) is 1. The summed E-state index contributed by atoms with van der Waals surface area (Å²) < 4.78 is 6.53. The van der Waals surface area contributed by atoms with E-state index in [4.69, 9.17) is 4.74 Å². The number of hydrogen-bond donors (Lipinski definition) is 1. The molecular formula is C24H22N4O4. The molecular weight excluding hydrogens is 408 g/mol. The van der Waals surface area contributed by atoms with Crippen LogP contribution < -0.4 is 5.32 Å². The van der Waals surface area contributed by atoms with Crippen LogP contribution >= 0.6 is 0 Å². The maximum absolute atomic E-state index is 13.8. The number of carbonyl (C=O) groups is 3. The number of aromatic nitrogens is 2. The number of likely N-dealkylation sites (tertiary alicyclic amines) is 1. The summed E-state index contributed by atoms with van der Waals surface area (Å²) >= 11 is 0. The molecule has 3 heterocycles. The number of para-hydroxylation sites is 1. The highest BCUT2D eigenvalue weighted by Gasteiger charge is 2.59. The first-order valence-electron chi connectivity index (χ1n) is 10.3. The highest BCUT2D eigenvalue weighted by molar-refractivity contribution is 6.09. The summed E-state index contributed by atoms with van der Waals surface area (Å²) in [6.07, 6.45) is 3.98. The van der Waals surface area contributed by atoms with Gasteiger partial charge in [-0.2, -0.15) is 5.10 Å². The second-order valence-electron chi connectivity index (χ2n) is 8.11. The lowest BCUT2D eigenvalue weighted by atomic mass is 9.73. The number of amides is 2. The Labute approximate surface area is 184 Å². The zero-order chi connectivity index (χ0) is 22.5. The van der Waals surface area contributed by atoms with Crippen molar-refractivity contribution in [2.75, 3.05) is 19.0 Å². The maximum Gasteiger partial charge on any atom is 0.338 e. The molecule has 2 atom stereocenters. The Kier molecular flexibility index (Phi) is 4.58. The van der Waals surface area contributed by atoms with Crippen LogP contribution in [0, 0.1) is 0 Å². The number of esters is 1. The van der Waals surface area contributed by atoms with Gasteiger partial charge in [0.15, 0.2) is 0 Å². The number of carbonyl (C=O) groups excluding carboxylic acids is 3. The van der Waals surface area contributed by atoms with E-state index >= 15 is 0 Å². The molecule has 1 N–H and O–H groups in total. The Balaban J connectivity index is 1.66. The Morgan fingerprint density at radius 2 is 1.84 bits per heavy atom. The van der Waals surface area contributed by atoms with Crippen LogP contribution in [0.5, 0.6) is 0 Å². The van der Waals surface area contributed by atoms with E-state index in [2.05, 4.69) is 10.4 Å². The lowest BCUT2D eigenvalue weighted by Gasteiger charge is -2.33. The Morgan fingerprint density at radius 3 is 2.56 bits per heavy atom. The van der Waals surface area contributed by atoms with Gasteiger partial charge in [-0.15, -0.1) is 0 Å². The summed E-state index contributed by atoms with van der Waals surface area (Å²) in [5.41, 5.74) is 1.90. The van der Waals surface area contributed by atoms with Crippen molar-refractivity contribution in [2.45, 2.75) is 17.9 Å². The highest BCUT2D eigenvalue weighted by Crippen LogP contribution is 2.54. The third-order valence-corrected chi connectivity index (χ3v) is 6.45. The minimum Gasteiger partial charge on any atom is -0.465 e. The molecule has 2 aliphatic heterocycles. The smallest absolute Gasteiger partial charge is 0.338 e. The standard InChI is InChI=1S/C24H22N4O4/c1-27-14-15(13-25-27)20-24(18-9-5-6-10-19(18)26-23(24)31)11-12-28(20)21(29)16-7-3-4-8-17(16)22(30)32-2/h3-10,13-14,20H,11-12H2,1-2H3,(H,26,31). The second-order valence-corrected chi connectivity index (χ2v) is 8.11. The molecule has 32 heavy (non-hydrogen) atoms. The molecule has 8 nitrogen and oxygen atoms in total. The Morgan fingerprint density at radius 1 is 1.12 bits per heavy atom. The van der Waals surface area contributed by atoms with E-state index in [1.165, 1.54) is 7.11 Å². The van der Waals surface area contributed by atoms with Gasteiger partial charge in [-0.25, -0.2) is 4.79 Å². The largest absolute Gasteiger partial charge is 0.465 e. The molecule has 0 aliphatic carbocycles. The van der Waals surface area contributed by atoms with Gasteiger partial charge in [-0.3, -0.25) is 14.3 Å². The summed E-state index contributed by atoms with van der Waals surface area (Å²) in [5, 5.41) is 7.29. The summed E-state index contributed by atoms with van der Waals surface area (Å²) in [7, 11) is 3.08. The van der Waals surface area contributed by atoms with Crippen LogP contribution in [-0.4, -0.2) is 46.1 Å². The van der Waals surface area contributed by atoms with E-state index < -0.39 is 17.4 Å². The van der Waals surface area contributed by atoms with Crippen LogP contribution in [0.2, 0.25) is 0 Å². The van der Waals surface area contributed by atoms with Crippen molar-refractivity contribution >= 4 is 23.5 Å². The summed E-state index contributed by atoms with van der Waals surface area (Å²) in [6.45, 7) is 0.357. The second kappa shape index (κ2) is 7.33. The van der Waals surface area contributed by atoms with Crippen LogP contribution in [-0.2, 0) is 22.0 Å². The van der Waals surface area contributed by atoms with Crippen molar-refractivity contribution in [3.8, 4) is 0 Å². The van der Waals surface area contributed by atoms with Gasteiger partial charge in [0.05, 0.1) is 30.5 Å². The van der Waals surface area contributed by atoms with Gasteiger partial charge < -0.3 is 15.0 Å². The molecule has 1 fully saturated rings. The van der Waals surface area contributed by atoms with E-state index in [1.54, 1.807) is 47.1 Å². The van der Waals surface area contributed by atoms with Crippen LogP contribution in [0.25, 0.3) is 0 Å². The molecule has 0 radical (unpaired) electrons. The number of nitrogens with zero attached hydrogens (tertiary/aromatic N) is 3. The van der Waals surface area contributed by atoms with E-state index in [9.17, 15) is 14.4 Å². The lowest BCUT2D eigenvalue weighted by molar-refractivity contribution is -0.121. The number of anilines is 1. The van der Waals surface area contributed by atoms with Gasteiger partial charge >= 0.3 is 5.97 Å². The summed E-state index contributed by atoms with van der Waals surface area (Å²) in [6, 6.07) is 13.6. The number of benzene rings is 2. The fourth-order valence-electron chi connectivity index (χ4n) is 5.06. The van der Waals surface area contributed by atoms with E-state index in [1.807, 2.05) is 30.5 Å². The molecule has 2 aromatic carbocycles. The maximum atomic E-state index is 13.8. The fourth-order valence-corrected chi connectivity index (χ4v) is 5.06. The van der Waals surface area contributed by atoms with Gasteiger partial charge in [0.1, 0.15) is 5.41 Å². The first kappa shape index (κ1) is 20.0. The van der Waals surface area contributed by atoms with Crippen molar-refractivity contribution in [3.05, 3.63) is 83.2 Å². The van der Waals surface area contributed by atoms with E-state index in [0.29, 0.717) is 13.0 Å². The molecule has 1 saturated heterocycles. The number of aryl methyl sites for hydroxylation is 1.